The predicted octanol–water partition coefficient (Wildman–Crippen LogP) is 3.95. The summed E-state index contributed by atoms with van der Waals surface area (Å²) in [6.45, 7) is 6.70. The monoisotopic (exact) mass is 236 g/mol. The van der Waals surface area contributed by atoms with Gasteiger partial charge in [-0.1, -0.05) is 27.2 Å². The zero-order chi connectivity index (χ0) is 12.4. The number of rotatable bonds is 3. The fourth-order valence-electron chi connectivity index (χ4n) is 3.03. The van der Waals surface area contributed by atoms with Crippen LogP contribution in [0.5, 0.6) is 0 Å². The molecular weight excluding hydrogens is 212 g/mol. The van der Waals surface area contributed by atoms with Gasteiger partial charge in [-0.3, -0.25) is 0 Å². The first-order valence-electron chi connectivity index (χ1n) is 6.87. The molecule has 1 aromatic rings. The van der Waals surface area contributed by atoms with Crippen molar-refractivity contribution in [3.05, 3.63) is 23.7 Å². The molecule has 2 rings (SSSR count). The van der Waals surface area contributed by atoms with Crippen LogP contribution in [0.15, 0.2) is 16.7 Å². The van der Waals surface area contributed by atoms with Gasteiger partial charge in [0.2, 0.25) is 0 Å². The van der Waals surface area contributed by atoms with Gasteiger partial charge in [0.15, 0.2) is 0 Å². The van der Waals surface area contributed by atoms with E-state index in [-0.39, 0.29) is 6.10 Å². The molecule has 1 aromatic heterocycles. The Morgan fingerprint density at radius 3 is 2.76 bits per heavy atom. The van der Waals surface area contributed by atoms with Crippen molar-refractivity contribution >= 4 is 0 Å². The Kier molecular flexibility index (Phi) is 3.93. The van der Waals surface area contributed by atoms with E-state index in [9.17, 15) is 5.11 Å². The molecule has 0 radical (unpaired) electrons. The Morgan fingerprint density at radius 2 is 2.12 bits per heavy atom. The van der Waals surface area contributed by atoms with Crippen LogP contribution in [0.1, 0.15) is 57.5 Å². The molecule has 2 heteroatoms. The van der Waals surface area contributed by atoms with Crippen LogP contribution in [0, 0.1) is 17.8 Å². The maximum atomic E-state index is 10.5. The van der Waals surface area contributed by atoms with E-state index in [1.807, 2.05) is 6.07 Å². The second-order valence-corrected chi connectivity index (χ2v) is 5.63. The average Bonchev–Trinajstić information content (AvgIpc) is 2.80. The van der Waals surface area contributed by atoms with Gasteiger partial charge >= 0.3 is 0 Å². The summed E-state index contributed by atoms with van der Waals surface area (Å²) >= 11 is 0. The fourth-order valence-corrected chi connectivity index (χ4v) is 3.03. The van der Waals surface area contributed by atoms with Gasteiger partial charge in [-0.05, 0) is 36.7 Å². The molecular formula is C15H24O2. The van der Waals surface area contributed by atoms with Gasteiger partial charge in [-0.15, -0.1) is 0 Å². The minimum Gasteiger partial charge on any atom is -0.469 e. The van der Waals surface area contributed by atoms with E-state index < -0.39 is 0 Å². The topological polar surface area (TPSA) is 33.4 Å². The molecule has 4 atom stereocenters. The molecule has 17 heavy (non-hydrogen) atoms. The van der Waals surface area contributed by atoms with E-state index in [2.05, 4.69) is 20.8 Å². The third kappa shape index (κ3) is 2.57. The van der Waals surface area contributed by atoms with Crippen molar-refractivity contribution in [3.8, 4) is 0 Å². The number of aryl methyl sites for hydroxylation is 1. The Labute approximate surface area is 104 Å². The zero-order valence-corrected chi connectivity index (χ0v) is 11.1. The van der Waals surface area contributed by atoms with Crippen LogP contribution >= 0.6 is 0 Å². The van der Waals surface area contributed by atoms with Crippen molar-refractivity contribution in [1.82, 2.24) is 0 Å². The molecule has 4 unspecified atom stereocenters. The summed E-state index contributed by atoms with van der Waals surface area (Å²) in [7, 11) is 0. The maximum absolute atomic E-state index is 10.5. The molecule has 1 aliphatic rings. The minimum atomic E-state index is -0.335. The van der Waals surface area contributed by atoms with E-state index in [1.54, 1.807) is 6.26 Å². The number of aliphatic hydroxyl groups excluding tert-OH is 1. The van der Waals surface area contributed by atoms with E-state index in [0.29, 0.717) is 5.92 Å². The first kappa shape index (κ1) is 12.7. The maximum Gasteiger partial charge on any atom is 0.109 e. The van der Waals surface area contributed by atoms with Gasteiger partial charge < -0.3 is 9.52 Å². The van der Waals surface area contributed by atoms with Crippen LogP contribution in [0.3, 0.4) is 0 Å². The van der Waals surface area contributed by atoms with Crippen molar-refractivity contribution in [2.45, 2.75) is 52.6 Å². The molecule has 0 aliphatic heterocycles. The van der Waals surface area contributed by atoms with E-state index in [4.69, 9.17) is 4.42 Å². The Bertz CT molecular complexity index is 356. The van der Waals surface area contributed by atoms with Crippen LogP contribution in [0.4, 0.5) is 0 Å². The Hall–Kier alpha value is -0.760. The van der Waals surface area contributed by atoms with Crippen molar-refractivity contribution in [2.24, 2.45) is 17.8 Å². The highest BCUT2D eigenvalue weighted by atomic mass is 16.3. The van der Waals surface area contributed by atoms with Gasteiger partial charge in [0, 0.05) is 12.0 Å². The molecule has 2 nitrogen and oxygen atoms in total. The van der Waals surface area contributed by atoms with Crippen molar-refractivity contribution < 1.29 is 9.52 Å². The molecule has 1 saturated carbocycles. The van der Waals surface area contributed by atoms with Gasteiger partial charge in [0.1, 0.15) is 5.76 Å². The smallest absolute Gasteiger partial charge is 0.109 e. The standard InChI is InChI=1S/C15H24O2/c1-4-14-13(7-8-17-14)15(16)12-6-5-10(2)11(3)9-12/h7-8,10-12,15-16H,4-6,9H2,1-3H3. The van der Waals surface area contributed by atoms with Crippen LogP contribution < -0.4 is 0 Å². The largest absolute Gasteiger partial charge is 0.469 e. The second kappa shape index (κ2) is 5.26. The normalized spacial score (nSPS) is 31.4. The molecule has 0 saturated heterocycles. The molecule has 1 N–H and O–H groups in total. The Morgan fingerprint density at radius 1 is 1.35 bits per heavy atom. The second-order valence-electron chi connectivity index (χ2n) is 5.63. The molecule has 1 heterocycles. The zero-order valence-electron chi connectivity index (χ0n) is 11.1. The number of furan rings is 1. The molecule has 0 bridgehead atoms. The number of hydrogen-bond donors (Lipinski definition) is 1. The molecule has 1 aliphatic carbocycles. The lowest BCUT2D eigenvalue weighted by Gasteiger charge is -2.34. The van der Waals surface area contributed by atoms with Gasteiger partial charge in [0.25, 0.3) is 0 Å². The highest BCUT2D eigenvalue weighted by molar-refractivity contribution is 5.20. The van der Waals surface area contributed by atoms with Gasteiger partial charge in [-0.2, -0.15) is 0 Å². The van der Waals surface area contributed by atoms with Crippen LogP contribution in [-0.4, -0.2) is 5.11 Å². The number of aliphatic hydroxyl groups is 1. The first-order valence-corrected chi connectivity index (χ1v) is 6.87. The third-order valence-corrected chi connectivity index (χ3v) is 4.50. The molecule has 0 amide bonds. The van der Waals surface area contributed by atoms with Crippen LogP contribution in [0.25, 0.3) is 0 Å². The molecule has 0 spiro atoms. The fraction of sp³-hybridized carbons (Fsp3) is 0.733. The van der Waals surface area contributed by atoms with E-state index >= 15 is 0 Å². The van der Waals surface area contributed by atoms with E-state index in [1.165, 1.54) is 6.42 Å². The molecule has 0 aromatic carbocycles. The van der Waals surface area contributed by atoms with Crippen LogP contribution in [-0.2, 0) is 6.42 Å². The van der Waals surface area contributed by atoms with E-state index in [0.717, 1.165) is 42.4 Å². The predicted molar refractivity (Wildman–Crippen MR) is 68.7 cm³/mol. The average molecular weight is 236 g/mol. The van der Waals surface area contributed by atoms with Crippen molar-refractivity contribution in [2.75, 3.05) is 0 Å². The lowest BCUT2D eigenvalue weighted by atomic mass is 9.73. The quantitative estimate of drug-likeness (QED) is 0.862. The summed E-state index contributed by atoms with van der Waals surface area (Å²) in [6, 6.07) is 1.94. The third-order valence-electron chi connectivity index (χ3n) is 4.50. The van der Waals surface area contributed by atoms with Gasteiger partial charge in [-0.25, -0.2) is 0 Å². The Balaban J connectivity index is 2.07. The van der Waals surface area contributed by atoms with Crippen molar-refractivity contribution in [1.29, 1.82) is 0 Å². The summed E-state index contributed by atoms with van der Waals surface area (Å²) < 4.78 is 5.41. The minimum absolute atomic E-state index is 0.335. The summed E-state index contributed by atoms with van der Waals surface area (Å²) in [5.74, 6) is 2.88. The highest BCUT2D eigenvalue weighted by Crippen LogP contribution is 2.40. The van der Waals surface area contributed by atoms with Crippen LogP contribution in [0.2, 0.25) is 0 Å². The lowest BCUT2D eigenvalue weighted by molar-refractivity contribution is 0.0549. The lowest BCUT2D eigenvalue weighted by Crippen LogP contribution is -2.25. The highest BCUT2D eigenvalue weighted by Gasteiger charge is 2.31. The van der Waals surface area contributed by atoms with Crippen molar-refractivity contribution in [3.63, 3.8) is 0 Å². The summed E-state index contributed by atoms with van der Waals surface area (Å²) in [5.41, 5.74) is 1.01. The first-order chi connectivity index (χ1) is 8.13. The SMILES string of the molecule is CCc1occc1C(O)C1CCC(C)C(C)C1. The van der Waals surface area contributed by atoms with Gasteiger partial charge in [0.05, 0.1) is 12.4 Å². The summed E-state index contributed by atoms with van der Waals surface area (Å²) in [6.07, 6.45) is 5.74. The number of hydrogen-bond acceptors (Lipinski definition) is 2. The molecule has 1 fully saturated rings. The summed E-state index contributed by atoms with van der Waals surface area (Å²) in [5, 5.41) is 10.5. The molecule has 96 valence electrons. The summed E-state index contributed by atoms with van der Waals surface area (Å²) in [4.78, 5) is 0.